The minimum absolute atomic E-state index is 0.320. The zero-order chi connectivity index (χ0) is 12.3. The Labute approximate surface area is 102 Å². The Balaban J connectivity index is 2.11. The van der Waals surface area contributed by atoms with Crippen molar-refractivity contribution in [1.29, 1.82) is 0 Å². The van der Waals surface area contributed by atoms with Crippen molar-refractivity contribution < 1.29 is 14.4 Å². The molecule has 0 aliphatic rings. The van der Waals surface area contributed by atoms with E-state index in [1.807, 2.05) is 6.07 Å². The summed E-state index contributed by atoms with van der Waals surface area (Å²) in [6.45, 7) is 1.77. The molecule has 0 saturated carbocycles. The molecule has 1 aromatic carbocycles. The Morgan fingerprint density at radius 3 is 3.00 bits per heavy atom. The molecule has 1 heterocycles. The second-order valence-corrected chi connectivity index (χ2v) is 4.45. The molecule has 2 aromatic rings. The number of carboxylic acid groups (broad SMARTS) is 1. The fourth-order valence-electron chi connectivity index (χ4n) is 1.33. The number of hydrogen-bond acceptors (Lipinski definition) is 5. The molecule has 1 aromatic heterocycles. The van der Waals surface area contributed by atoms with E-state index < -0.39 is 5.97 Å². The molecule has 0 atom stereocenters. The highest BCUT2D eigenvalue weighted by atomic mass is 32.2. The van der Waals surface area contributed by atoms with Gasteiger partial charge in [0.05, 0.1) is 11.3 Å². The van der Waals surface area contributed by atoms with Gasteiger partial charge in [-0.3, -0.25) is 0 Å². The minimum Gasteiger partial charge on any atom is -0.478 e. The highest BCUT2D eigenvalue weighted by Crippen LogP contribution is 2.24. The summed E-state index contributed by atoms with van der Waals surface area (Å²) in [6.07, 6.45) is 1.34. The third-order valence-corrected chi connectivity index (χ3v) is 3.19. The van der Waals surface area contributed by atoms with Gasteiger partial charge >= 0.3 is 5.97 Å². The largest absolute Gasteiger partial charge is 0.478 e. The van der Waals surface area contributed by atoms with Gasteiger partial charge in [-0.25, -0.2) is 4.79 Å². The molecule has 5 nitrogen and oxygen atoms in total. The van der Waals surface area contributed by atoms with Gasteiger partial charge in [-0.2, -0.15) is 4.98 Å². The van der Waals surface area contributed by atoms with Crippen LogP contribution in [0.5, 0.6) is 0 Å². The molecule has 17 heavy (non-hydrogen) atoms. The van der Waals surface area contributed by atoms with Crippen LogP contribution in [-0.2, 0) is 5.75 Å². The first-order valence-corrected chi connectivity index (χ1v) is 5.87. The van der Waals surface area contributed by atoms with Crippen molar-refractivity contribution in [1.82, 2.24) is 10.1 Å². The van der Waals surface area contributed by atoms with Crippen LogP contribution in [-0.4, -0.2) is 21.2 Å². The first-order valence-electron chi connectivity index (χ1n) is 4.89. The van der Waals surface area contributed by atoms with Gasteiger partial charge in [0.25, 0.3) is 0 Å². The third kappa shape index (κ3) is 2.85. The third-order valence-electron chi connectivity index (χ3n) is 2.21. The monoisotopic (exact) mass is 250 g/mol. The quantitative estimate of drug-likeness (QED) is 0.839. The summed E-state index contributed by atoms with van der Waals surface area (Å²) in [5, 5.41) is 12.5. The molecule has 0 saturated heterocycles. The fraction of sp³-hybridized carbons (Fsp3) is 0.182. The van der Waals surface area contributed by atoms with E-state index in [1.165, 1.54) is 18.1 Å². The highest BCUT2D eigenvalue weighted by Gasteiger charge is 2.08. The van der Waals surface area contributed by atoms with Crippen LogP contribution in [0.4, 0.5) is 0 Å². The normalized spacial score (nSPS) is 10.4. The summed E-state index contributed by atoms with van der Waals surface area (Å²) >= 11 is 1.46. The standard InChI is InChI=1S/C11H10N2O3S/c1-7-2-3-8(4-9(7)11(14)15)17-5-10-12-6-13-16-10/h2-4,6H,5H2,1H3,(H,14,15). The maximum Gasteiger partial charge on any atom is 0.335 e. The highest BCUT2D eigenvalue weighted by molar-refractivity contribution is 7.98. The van der Waals surface area contributed by atoms with Crippen molar-refractivity contribution in [3.05, 3.63) is 41.5 Å². The van der Waals surface area contributed by atoms with Gasteiger partial charge in [-0.1, -0.05) is 11.2 Å². The zero-order valence-electron chi connectivity index (χ0n) is 9.08. The van der Waals surface area contributed by atoms with E-state index in [0.717, 1.165) is 10.5 Å². The van der Waals surface area contributed by atoms with Crippen LogP contribution in [0.25, 0.3) is 0 Å². The van der Waals surface area contributed by atoms with Crippen LogP contribution in [0.3, 0.4) is 0 Å². The van der Waals surface area contributed by atoms with Gasteiger partial charge in [-0.15, -0.1) is 11.8 Å². The number of nitrogens with zero attached hydrogens (tertiary/aromatic N) is 2. The van der Waals surface area contributed by atoms with Crippen molar-refractivity contribution in [2.24, 2.45) is 0 Å². The van der Waals surface area contributed by atoms with Gasteiger partial charge in [0.2, 0.25) is 5.89 Å². The zero-order valence-corrected chi connectivity index (χ0v) is 9.90. The number of hydrogen-bond donors (Lipinski definition) is 1. The lowest BCUT2D eigenvalue weighted by Gasteiger charge is -2.03. The first-order chi connectivity index (χ1) is 8.16. The molecular formula is C11H10N2O3S. The molecule has 0 spiro atoms. The number of aromatic carboxylic acids is 1. The SMILES string of the molecule is Cc1ccc(SCc2ncno2)cc1C(=O)O. The van der Waals surface area contributed by atoms with Crippen LogP contribution < -0.4 is 0 Å². The summed E-state index contributed by atoms with van der Waals surface area (Å²) in [7, 11) is 0. The van der Waals surface area contributed by atoms with E-state index in [1.54, 1.807) is 19.1 Å². The van der Waals surface area contributed by atoms with Crippen LogP contribution in [0, 0.1) is 6.92 Å². The number of rotatable bonds is 4. The molecule has 6 heteroatoms. The first kappa shape index (κ1) is 11.7. The van der Waals surface area contributed by atoms with Crippen molar-refractivity contribution in [2.45, 2.75) is 17.6 Å². The van der Waals surface area contributed by atoms with Gasteiger partial charge in [0.15, 0.2) is 6.33 Å². The molecule has 0 aliphatic carbocycles. The second-order valence-electron chi connectivity index (χ2n) is 3.41. The molecule has 0 radical (unpaired) electrons. The number of carbonyl (C=O) groups is 1. The molecule has 1 N–H and O–H groups in total. The van der Waals surface area contributed by atoms with Crippen LogP contribution in [0.2, 0.25) is 0 Å². The molecule has 0 unspecified atom stereocenters. The van der Waals surface area contributed by atoms with E-state index in [0.29, 0.717) is 17.2 Å². The predicted octanol–water partition coefficient (Wildman–Crippen LogP) is 2.37. The Morgan fingerprint density at radius 2 is 2.35 bits per heavy atom. The van der Waals surface area contributed by atoms with Crippen molar-refractivity contribution in [3.63, 3.8) is 0 Å². The van der Waals surface area contributed by atoms with Gasteiger partial charge < -0.3 is 9.63 Å². The number of aryl methyl sites for hydroxylation is 1. The maximum atomic E-state index is 11.0. The van der Waals surface area contributed by atoms with E-state index in [-0.39, 0.29) is 0 Å². The molecule has 2 rings (SSSR count). The lowest BCUT2D eigenvalue weighted by Crippen LogP contribution is -1.99. The molecule has 0 fully saturated rings. The van der Waals surface area contributed by atoms with Gasteiger partial charge in [0, 0.05) is 4.90 Å². The molecule has 88 valence electrons. The molecule has 0 amide bonds. The fourth-order valence-corrected chi connectivity index (χ4v) is 2.11. The van der Waals surface area contributed by atoms with E-state index >= 15 is 0 Å². The van der Waals surface area contributed by atoms with Gasteiger partial charge in [-0.05, 0) is 24.6 Å². The van der Waals surface area contributed by atoms with Crippen molar-refractivity contribution in [2.75, 3.05) is 0 Å². The number of thioether (sulfide) groups is 1. The summed E-state index contributed by atoms with van der Waals surface area (Å²) in [4.78, 5) is 15.7. The van der Waals surface area contributed by atoms with E-state index in [2.05, 4.69) is 10.1 Å². The smallest absolute Gasteiger partial charge is 0.335 e. The number of carboxylic acids is 1. The average molecular weight is 250 g/mol. The summed E-state index contributed by atoms with van der Waals surface area (Å²) < 4.78 is 4.86. The Bertz CT molecular complexity index is 526. The average Bonchev–Trinajstić information content (AvgIpc) is 2.80. The Kier molecular flexibility index (Phi) is 3.43. The Morgan fingerprint density at radius 1 is 1.53 bits per heavy atom. The van der Waals surface area contributed by atoms with Crippen LogP contribution in [0.15, 0.2) is 33.9 Å². The maximum absolute atomic E-state index is 11.0. The summed E-state index contributed by atoms with van der Waals surface area (Å²) in [5.41, 5.74) is 1.07. The van der Waals surface area contributed by atoms with Crippen LogP contribution in [0.1, 0.15) is 21.8 Å². The number of aromatic nitrogens is 2. The van der Waals surface area contributed by atoms with Gasteiger partial charge in [0.1, 0.15) is 0 Å². The minimum atomic E-state index is -0.914. The lowest BCUT2D eigenvalue weighted by atomic mass is 10.1. The molecular weight excluding hydrogens is 240 g/mol. The summed E-state index contributed by atoms with van der Waals surface area (Å²) in [6, 6.07) is 5.32. The predicted molar refractivity (Wildman–Crippen MR) is 62.0 cm³/mol. The molecule has 0 aliphatic heterocycles. The van der Waals surface area contributed by atoms with Crippen molar-refractivity contribution >= 4 is 17.7 Å². The topological polar surface area (TPSA) is 76.2 Å². The van der Waals surface area contributed by atoms with E-state index in [4.69, 9.17) is 9.63 Å². The summed E-state index contributed by atoms with van der Waals surface area (Å²) in [5.74, 6) is 0.137. The number of benzene rings is 1. The van der Waals surface area contributed by atoms with Crippen molar-refractivity contribution in [3.8, 4) is 0 Å². The van der Waals surface area contributed by atoms with Crippen LogP contribution >= 0.6 is 11.8 Å². The lowest BCUT2D eigenvalue weighted by molar-refractivity contribution is 0.0696. The van der Waals surface area contributed by atoms with E-state index in [9.17, 15) is 4.79 Å². The second kappa shape index (κ2) is 5.01. The Hall–Kier alpha value is -1.82. The molecule has 0 bridgehead atoms.